The quantitative estimate of drug-likeness (QED) is 0.254. The molecule has 11 heteroatoms. The molecule has 150 valence electrons. The summed E-state index contributed by atoms with van der Waals surface area (Å²) >= 11 is 0. The lowest BCUT2D eigenvalue weighted by Crippen LogP contribution is -2.37. The highest BCUT2D eigenvalue weighted by molar-refractivity contribution is 14.0. The molecular weight excluding hydrogens is 476 g/mol. The van der Waals surface area contributed by atoms with E-state index in [9.17, 15) is 13.2 Å². The first-order valence-electron chi connectivity index (χ1n) is 8.03. The number of rotatable bonds is 8. The van der Waals surface area contributed by atoms with E-state index >= 15 is 0 Å². The lowest BCUT2D eigenvalue weighted by Gasteiger charge is -2.12. The third kappa shape index (κ3) is 9.45. The van der Waals surface area contributed by atoms with Gasteiger partial charge in [0.2, 0.25) is 5.88 Å². The largest absolute Gasteiger partial charge is 0.468 e. The lowest BCUT2D eigenvalue weighted by atomic mass is 10.3. The molecule has 0 aliphatic rings. The molecule has 2 heterocycles. The van der Waals surface area contributed by atoms with Gasteiger partial charge in [0.25, 0.3) is 0 Å². The smallest absolute Gasteiger partial charge is 0.422 e. The minimum Gasteiger partial charge on any atom is -0.468 e. The Balaban J connectivity index is 0.00000364. The van der Waals surface area contributed by atoms with Gasteiger partial charge in [-0.1, -0.05) is 6.07 Å². The van der Waals surface area contributed by atoms with E-state index in [0.29, 0.717) is 12.5 Å². The number of hydrogen-bond donors (Lipinski definition) is 2. The molecule has 0 saturated carbocycles. The van der Waals surface area contributed by atoms with Gasteiger partial charge in [0.05, 0.1) is 0 Å². The molecule has 0 radical (unpaired) electrons. The monoisotopic (exact) mass is 498 g/mol. The Morgan fingerprint density at radius 3 is 2.70 bits per heavy atom. The van der Waals surface area contributed by atoms with Gasteiger partial charge in [0, 0.05) is 51.3 Å². The molecular formula is C16H22F3IN6O. The Hall–Kier alpha value is -2.05. The Bertz CT molecular complexity index is 676. The van der Waals surface area contributed by atoms with E-state index < -0.39 is 12.8 Å². The highest BCUT2D eigenvalue weighted by atomic mass is 127. The maximum atomic E-state index is 12.1. The van der Waals surface area contributed by atoms with Gasteiger partial charge in [-0.25, -0.2) is 4.98 Å². The van der Waals surface area contributed by atoms with Crippen molar-refractivity contribution in [3.8, 4) is 5.88 Å². The Morgan fingerprint density at radius 2 is 2.11 bits per heavy atom. The number of aromatic nitrogens is 3. The van der Waals surface area contributed by atoms with Crippen molar-refractivity contribution in [2.75, 3.05) is 20.2 Å². The summed E-state index contributed by atoms with van der Waals surface area (Å²) in [4.78, 5) is 7.97. The van der Waals surface area contributed by atoms with Crippen molar-refractivity contribution >= 4 is 29.9 Å². The van der Waals surface area contributed by atoms with Crippen LogP contribution in [0.25, 0.3) is 0 Å². The maximum absolute atomic E-state index is 12.1. The Kier molecular flexibility index (Phi) is 9.89. The zero-order valence-electron chi connectivity index (χ0n) is 14.7. The molecule has 2 aromatic heterocycles. The van der Waals surface area contributed by atoms with Gasteiger partial charge >= 0.3 is 6.18 Å². The number of halogens is 4. The van der Waals surface area contributed by atoms with Crippen LogP contribution in [0.5, 0.6) is 5.88 Å². The van der Waals surface area contributed by atoms with Crippen molar-refractivity contribution < 1.29 is 17.9 Å². The van der Waals surface area contributed by atoms with E-state index in [2.05, 4.69) is 30.4 Å². The van der Waals surface area contributed by atoms with Crippen LogP contribution >= 0.6 is 24.0 Å². The Morgan fingerprint density at radius 1 is 1.30 bits per heavy atom. The summed E-state index contributed by atoms with van der Waals surface area (Å²) in [7, 11) is 1.66. The molecule has 2 N–H and O–H groups in total. The average Bonchev–Trinajstić information content (AvgIpc) is 3.13. The van der Waals surface area contributed by atoms with Crippen LogP contribution in [0.15, 0.2) is 41.8 Å². The van der Waals surface area contributed by atoms with Crippen LogP contribution in [-0.4, -0.2) is 47.1 Å². The van der Waals surface area contributed by atoms with E-state index in [1.54, 1.807) is 19.3 Å². The van der Waals surface area contributed by atoms with Crippen LogP contribution in [0.1, 0.15) is 12.0 Å². The van der Waals surface area contributed by atoms with Crippen LogP contribution < -0.4 is 15.4 Å². The first-order chi connectivity index (χ1) is 12.5. The number of aliphatic imine (C=N–C) groups is 1. The number of nitrogens with zero attached hydrogens (tertiary/aromatic N) is 4. The third-order valence-corrected chi connectivity index (χ3v) is 3.28. The molecule has 27 heavy (non-hydrogen) atoms. The molecule has 2 rings (SSSR count). The van der Waals surface area contributed by atoms with Gasteiger partial charge in [-0.3, -0.25) is 9.67 Å². The van der Waals surface area contributed by atoms with E-state index in [1.165, 1.54) is 12.3 Å². The van der Waals surface area contributed by atoms with Gasteiger partial charge in [-0.15, -0.1) is 24.0 Å². The van der Waals surface area contributed by atoms with Crippen molar-refractivity contribution in [2.45, 2.75) is 25.7 Å². The zero-order chi connectivity index (χ0) is 18.8. The highest BCUT2D eigenvalue weighted by Crippen LogP contribution is 2.16. The van der Waals surface area contributed by atoms with Crippen molar-refractivity contribution in [1.29, 1.82) is 0 Å². The summed E-state index contributed by atoms with van der Waals surface area (Å²) in [5, 5.41) is 10.4. The predicted octanol–water partition coefficient (Wildman–Crippen LogP) is 2.59. The summed E-state index contributed by atoms with van der Waals surface area (Å²) < 4.78 is 42.7. The fraction of sp³-hybridized carbons (Fsp3) is 0.438. The van der Waals surface area contributed by atoms with E-state index in [4.69, 9.17) is 0 Å². The van der Waals surface area contributed by atoms with Gasteiger partial charge in [0.15, 0.2) is 12.6 Å². The molecule has 0 spiro atoms. The second-order valence-electron chi connectivity index (χ2n) is 5.38. The maximum Gasteiger partial charge on any atom is 0.422 e. The number of ether oxygens (including phenoxy) is 1. The zero-order valence-corrected chi connectivity index (χ0v) is 17.1. The molecule has 0 fully saturated rings. The predicted molar refractivity (Wildman–Crippen MR) is 106 cm³/mol. The average molecular weight is 498 g/mol. The van der Waals surface area contributed by atoms with Crippen molar-refractivity contribution in [3.63, 3.8) is 0 Å². The molecule has 2 aromatic rings. The third-order valence-electron chi connectivity index (χ3n) is 3.28. The molecule has 0 atom stereocenters. The fourth-order valence-electron chi connectivity index (χ4n) is 2.04. The molecule has 0 aromatic carbocycles. The number of alkyl halides is 3. The first kappa shape index (κ1) is 23.0. The molecule has 0 saturated heterocycles. The standard InChI is InChI=1S/C16H21F3N6O.HI/c1-20-15(21-6-2-8-25-9-3-7-24-25)23-11-13-4-5-14(22-10-13)26-12-16(17,18)19;/h3-5,7,9-10H,2,6,8,11-12H2,1H3,(H2,20,21,23);1H. The number of guanidine groups is 1. The van der Waals surface area contributed by atoms with Crippen LogP contribution in [0.4, 0.5) is 13.2 Å². The minimum atomic E-state index is -4.38. The van der Waals surface area contributed by atoms with Gasteiger partial charge in [-0.05, 0) is 18.1 Å². The van der Waals surface area contributed by atoms with E-state index in [0.717, 1.165) is 25.1 Å². The summed E-state index contributed by atoms with van der Waals surface area (Å²) in [6.07, 6.45) is 1.61. The van der Waals surface area contributed by atoms with Crippen molar-refractivity contribution in [3.05, 3.63) is 42.4 Å². The summed E-state index contributed by atoms with van der Waals surface area (Å²) in [5.41, 5.74) is 0.795. The van der Waals surface area contributed by atoms with Gasteiger partial charge in [0.1, 0.15) is 0 Å². The lowest BCUT2D eigenvalue weighted by molar-refractivity contribution is -0.154. The summed E-state index contributed by atoms with van der Waals surface area (Å²) in [5.74, 6) is 0.565. The van der Waals surface area contributed by atoms with Crippen LogP contribution in [0.2, 0.25) is 0 Å². The summed E-state index contributed by atoms with van der Waals surface area (Å²) in [6.45, 7) is 0.611. The van der Waals surface area contributed by atoms with Crippen LogP contribution in [0.3, 0.4) is 0 Å². The van der Waals surface area contributed by atoms with E-state index in [1.807, 2.05) is 16.9 Å². The normalized spacial score (nSPS) is 11.6. The molecule has 0 amide bonds. The second kappa shape index (κ2) is 11.6. The van der Waals surface area contributed by atoms with Crippen LogP contribution in [-0.2, 0) is 13.1 Å². The van der Waals surface area contributed by atoms with E-state index in [-0.39, 0.29) is 29.9 Å². The number of nitrogens with one attached hydrogen (secondary N) is 2. The molecule has 0 aliphatic carbocycles. The van der Waals surface area contributed by atoms with Gasteiger partial charge in [-0.2, -0.15) is 18.3 Å². The second-order valence-corrected chi connectivity index (χ2v) is 5.38. The highest BCUT2D eigenvalue weighted by Gasteiger charge is 2.28. The molecule has 0 aliphatic heterocycles. The number of hydrogen-bond acceptors (Lipinski definition) is 4. The topological polar surface area (TPSA) is 76.4 Å². The number of aryl methyl sites for hydroxylation is 1. The van der Waals surface area contributed by atoms with Crippen molar-refractivity contribution in [2.24, 2.45) is 4.99 Å². The minimum absolute atomic E-state index is 0. The number of pyridine rings is 1. The van der Waals surface area contributed by atoms with Crippen molar-refractivity contribution in [1.82, 2.24) is 25.4 Å². The molecule has 0 bridgehead atoms. The first-order valence-corrected chi connectivity index (χ1v) is 8.03. The molecule has 0 unspecified atom stereocenters. The Labute approximate surface area is 172 Å². The van der Waals surface area contributed by atoms with Crippen LogP contribution in [0, 0.1) is 0 Å². The SMILES string of the molecule is CN=C(NCCCn1cccn1)NCc1ccc(OCC(F)(F)F)nc1.I. The van der Waals surface area contributed by atoms with Gasteiger partial charge < -0.3 is 15.4 Å². The summed E-state index contributed by atoms with van der Waals surface area (Å²) in [6, 6.07) is 4.93. The molecule has 7 nitrogen and oxygen atoms in total. The fourth-order valence-corrected chi connectivity index (χ4v) is 2.04.